The summed E-state index contributed by atoms with van der Waals surface area (Å²) in [5.41, 5.74) is 1.13. The van der Waals surface area contributed by atoms with Gasteiger partial charge in [0.25, 0.3) is 0 Å². The van der Waals surface area contributed by atoms with Crippen LogP contribution in [-0.2, 0) is 22.9 Å². The molecule has 1 aromatic carbocycles. The third-order valence-corrected chi connectivity index (χ3v) is 6.32. The summed E-state index contributed by atoms with van der Waals surface area (Å²) in [6.07, 6.45) is 4.30. The fraction of sp³-hybridized carbons (Fsp3) is 0.412. The van der Waals surface area contributed by atoms with Gasteiger partial charge in [0.2, 0.25) is 0 Å². The fourth-order valence-electron chi connectivity index (χ4n) is 3.25. The van der Waals surface area contributed by atoms with Crippen LogP contribution in [0.3, 0.4) is 0 Å². The van der Waals surface area contributed by atoms with Crippen molar-refractivity contribution in [2.45, 2.75) is 31.8 Å². The van der Waals surface area contributed by atoms with Gasteiger partial charge in [-0.15, -0.1) is 0 Å². The molecule has 1 aliphatic heterocycles. The number of hydrogen-bond donors (Lipinski definition) is 0. The predicted molar refractivity (Wildman–Crippen MR) is 95.3 cm³/mol. The van der Waals surface area contributed by atoms with Gasteiger partial charge in [-0.25, -0.2) is 27.7 Å². The molecule has 1 aliphatic rings. The zero-order valence-corrected chi connectivity index (χ0v) is 15.1. The molecule has 26 heavy (non-hydrogen) atoms. The van der Waals surface area contributed by atoms with Gasteiger partial charge in [0, 0.05) is 5.92 Å². The number of hydrogen-bond acceptors (Lipinski definition) is 6. The lowest BCUT2D eigenvalue weighted by molar-refractivity contribution is 0.508. The first kappa shape index (κ1) is 16.9. The molecule has 0 bridgehead atoms. The maximum atomic E-state index is 11.8. The molecule has 3 heterocycles. The maximum Gasteiger partial charge on any atom is 0.172 e. The highest BCUT2D eigenvalue weighted by atomic mass is 32.2. The van der Waals surface area contributed by atoms with Crippen molar-refractivity contribution < 1.29 is 8.42 Å². The van der Waals surface area contributed by atoms with Gasteiger partial charge in [0.15, 0.2) is 5.82 Å². The quantitative estimate of drug-likeness (QED) is 0.669. The van der Waals surface area contributed by atoms with E-state index in [1.165, 1.54) is 6.33 Å². The average molecular weight is 372 g/mol. The van der Waals surface area contributed by atoms with E-state index in [2.05, 4.69) is 15.2 Å². The summed E-state index contributed by atoms with van der Waals surface area (Å²) in [4.78, 5) is 8.67. The van der Waals surface area contributed by atoms with Gasteiger partial charge in [0.05, 0.1) is 18.1 Å². The zero-order chi connectivity index (χ0) is 18.0. The molecular weight excluding hydrogens is 352 g/mol. The van der Waals surface area contributed by atoms with E-state index in [4.69, 9.17) is 4.98 Å². The largest absolute Gasteiger partial charge is 0.245 e. The highest BCUT2D eigenvalue weighted by Gasteiger charge is 2.28. The lowest BCUT2D eigenvalue weighted by atomic mass is 10.0. The smallest absolute Gasteiger partial charge is 0.172 e. The topological polar surface area (TPSA) is 95.6 Å². The highest BCUT2D eigenvalue weighted by Crippen LogP contribution is 2.28. The van der Waals surface area contributed by atoms with Crippen molar-refractivity contribution in [2.75, 3.05) is 11.5 Å². The van der Waals surface area contributed by atoms with Crippen molar-refractivity contribution in [1.29, 1.82) is 0 Å². The van der Waals surface area contributed by atoms with E-state index in [1.54, 1.807) is 11.0 Å². The third-order valence-electron chi connectivity index (χ3n) is 4.61. The minimum atomic E-state index is -2.91. The van der Waals surface area contributed by atoms with Crippen molar-refractivity contribution in [2.24, 2.45) is 0 Å². The van der Waals surface area contributed by atoms with Crippen LogP contribution >= 0.6 is 0 Å². The van der Waals surface area contributed by atoms with E-state index in [-0.39, 0.29) is 17.4 Å². The molecule has 2 aromatic heterocycles. The van der Waals surface area contributed by atoms with Gasteiger partial charge < -0.3 is 0 Å². The minimum Gasteiger partial charge on any atom is -0.245 e. The molecule has 136 valence electrons. The predicted octanol–water partition coefficient (Wildman–Crippen LogP) is 1.26. The molecule has 0 unspecified atom stereocenters. The summed E-state index contributed by atoms with van der Waals surface area (Å²) >= 11 is 0. The molecular formula is C17H20N6O2S. The van der Waals surface area contributed by atoms with Crippen LogP contribution in [0.5, 0.6) is 0 Å². The lowest BCUT2D eigenvalue weighted by Crippen LogP contribution is -2.24. The van der Waals surface area contributed by atoms with Crippen molar-refractivity contribution in [3.8, 4) is 0 Å². The molecule has 0 spiro atoms. The Kier molecular flexibility index (Phi) is 4.54. The van der Waals surface area contributed by atoms with Crippen molar-refractivity contribution in [1.82, 2.24) is 29.5 Å². The molecule has 0 amide bonds. The standard InChI is InChI=1S/C17H20N6O2S/c24-26(25)8-6-15(7-9-26)17-20-16(11-22-13-18-12-19-22)21-23(17)10-14-4-2-1-3-5-14/h1-5,12-13,15H,6-11H2. The molecule has 0 atom stereocenters. The molecule has 9 heteroatoms. The Bertz CT molecular complexity index is 952. The Morgan fingerprint density at radius 1 is 1.08 bits per heavy atom. The second-order valence-corrected chi connectivity index (χ2v) is 8.85. The first-order valence-corrected chi connectivity index (χ1v) is 10.4. The Labute approximate surface area is 151 Å². The van der Waals surface area contributed by atoms with Gasteiger partial charge in [-0.2, -0.15) is 10.2 Å². The van der Waals surface area contributed by atoms with Crippen LogP contribution in [0.15, 0.2) is 43.0 Å². The van der Waals surface area contributed by atoms with Crippen LogP contribution in [0.25, 0.3) is 0 Å². The summed E-state index contributed by atoms with van der Waals surface area (Å²) in [5.74, 6) is 2.07. The molecule has 0 radical (unpaired) electrons. The summed E-state index contributed by atoms with van der Waals surface area (Å²) in [6, 6.07) is 10.1. The number of aromatic nitrogens is 6. The van der Waals surface area contributed by atoms with Crippen molar-refractivity contribution in [3.05, 3.63) is 60.2 Å². The van der Waals surface area contributed by atoms with E-state index < -0.39 is 9.84 Å². The van der Waals surface area contributed by atoms with Crippen molar-refractivity contribution in [3.63, 3.8) is 0 Å². The molecule has 0 aliphatic carbocycles. The van der Waals surface area contributed by atoms with Crippen LogP contribution in [0.4, 0.5) is 0 Å². The Morgan fingerprint density at radius 2 is 1.85 bits per heavy atom. The molecule has 1 fully saturated rings. The van der Waals surface area contributed by atoms with Crippen LogP contribution in [0.2, 0.25) is 0 Å². The SMILES string of the molecule is O=S1(=O)CCC(c2nc(Cn3cncn3)nn2Cc2ccccc2)CC1. The van der Waals surface area contributed by atoms with Crippen molar-refractivity contribution >= 4 is 9.84 Å². The second kappa shape index (κ2) is 6.99. The maximum absolute atomic E-state index is 11.8. The molecule has 8 nitrogen and oxygen atoms in total. The molecule has 1 saturated heterocycles. The Morgan fingerprint density at radius 3 is 2.54 bits per heavy atom. The summed E-state index contributed by atoms with van der Waals surface area (Å²) in [5, 5.41) is 8.76. The first-order valence-electron chi connectivity index (χ1n) is 8.59. The van der Waals surface area contributed by atoms with Gasteiger partial charge >= 0.3 is 0 Å². The minimum absolute atomic E-state index is 0.110. The van der Waals surface area contributed by atoms with E-state index in [0.29, 0.717) is 31.8 Å². The van der Waals surface area contributed by atoms with Crippen LogP contribution < -0.4 is 0 Å². The van der Waals surface area contributed by atoms with E-state index in [1.807, 2.05) is 35.0 Å². The molecule has 0 saturated carbocycles. The monoisotopic (exact) mass is 372 g/mol. The van der Waals surface area contributed by atoms with Crippen LogP contribution in [0.1, 0.15) is 36.0 Å². The van der Waals surface area contributed by atoms with E-state index in [9.17, 15) is 8.42 Å². The summed E-state index contributed by atoms with van der Waals surface area (Å²) in [6.45, 7) is 1.06. The summed E-state index contributed by atoms with van der Waals surface area (Å²) in [7, 11) is -2.91. The van der Waals surface area contributed by atoms with Crippen LogP contribution in [-0.4, -0.2) is 49.5 Å². The van der Waals surface area contributed by atoms with Gasteiger partial charge in [-0.1, -0.05) is 30.3 Å². The second-order valence-electron chi connectivity index (χ2n) is 6.55. The Balaban J connectivity index is 1.62. The normalized spacial score (nSPS) is 17.4. The number of sulfone groups is 1. The number of benzene rings is 1. The third kappa shape index (κ3) is 3.82. The highest BCUT2D eigenvalue weighted by molar-refractivity contribution is 7.91. The molecule has 4 rings (SSSR count). The lowest BCUT2D eigenvalue weighted by Gasteiger charge is -2.21. The van der Waals surface area contributed by atoms with Gasteiger partial charge in [-0.05, 0) is 18.4 Å². The van der Waals surface area contributed by atoms with Gasteiger partial charge in [-0.3, -0.25) is 0 Å². The van der Waals surface area contributed by atoms with Crippen LogP contribution in [0, 0.1) is 0 Å². The number of rotatable bonds is 5. The van der Waals surface area contributed by atoms with Gasteiger partial charge in [0.1, 0.15) is 34.9 Å². The fourth-order valence-corrected chi connectivity index (χ4v) is 4.74. The van der Waals surface area contributed by atoms with E-state index in [0.717, 1.165) is 11.4 Å². The van der Waals surface area contributed by atoms with E-state index >= 15 is 0 Å². The first-order chi connectivity index (χ1) is 12.6. The molecule has 3 aromatic rings. The average Bonchev–Trinajstić information content (AvgIpc) is 3.26. The summed E-state index contributed by atoms with van der Waals surface area (Å²) < 4.78 is 27.1. The zero-order valence-electron chi connectivity index (χ0n) is 14.3. The number of nitrogens with zero attached hydrogens (tertiary/aromatic N) is 6. The molecule has 0 N–H and O–H groups in total. The Hall–Kier alpha value is -2.55.